The number of urea groups is 1. The van der Waals surface area contributed by atoms with Crippen molar-refractivity contribution in [1.82, 2.24) is 9.80 Å². The average molecular weight is 441 g/mol. The quantitative estimate of drug-likeness (QED) is 0.730. The molecule has 2 heterocycles. The third-order valence-corrected chi connectivity index (χ3v) is 5.39. The Hall–Kier alpha value is -3.06. The van der Waals surface area contributed by atoms with E-state index >= 15 is 0 Å². The Bertz CT molecular complexity index is 788. The number of likely N-dealkylation sites (tertiary alicyclic amines) is 1. The molecule has 0 spiro atoms. The maximum absolute atomic E-state index is 11.7. The van der Waals surface area contributed by atoms with Gasteiger partial charge in [-0.2, -0.15) is 0 Å². The number of nitrogens with one attached hydrogen (secondary N) is 1. The van der Waals surface area contributed by atoms with Crippen LogP contribution in [0.5, 0.6) is 0 Å². The van der Waals surface area contributed by atoms with Crippen LogP contribution in [0, 0.1) is 6.92 Å². The van der Waals surface area contributed by atoms with Crippen molar-refractivity contribution in [2.75, 3.05) is 44.7 Å². The first kappa shape index (κ1) is 25.2. The second-order valence-corrected chi connectivity index (χ2v) is 7.88. The van der Waals surface area contributed by atoms with Crippen molar-refractivity contribution >= 4 is 18.5 Å². The summed E-state index contributed by atoms with van der Waals surface area (Å²) in [5.41, 5.74) is 10.0. The minimum absolute atomic E-state index is 0.0244. The van der Waals surface area contributed by atoms with E-state index in [1.54, 1.807) is 0 Å². The van der Waals surface area contributed by atoms with Crippen molar-refractivity contribution in [3.05, 3.63) is 65.5 Å². The lowest BCUT2D eigenvalue weighted by molar-refractivity contribution is -0.0980. The molecular formula is C25H36N4O3. The number of nitrogens with two attached hydrogens (primary N) is 1. The zero-order chi connectivity index (χ0) is 23.2. The molecular weight excluding hydrogens is 404 g/mol. The molecule has 0 bridgehead atoms. The predicted molar refractivity (Wildman–Crippen MR) is 129 cm³/mol. The van der Waals surface area contributed by atoms with Crippen molar-refractivity contribution in [2.45, 2.75) is 32.6 Å². The number of ether oxygens (including phenoxy) is 1. The summed E-state index contributed by atoms with van der Waals surface area (Å²) >= 11 is 0. The Morgan fingerprint density at radius 1 is 1.00 bits per heavy atom. The number of hydrogen-bond donors (Lipinski definition) is 2. The lowest BCUT2D eigenvalue weighted by Gasteiger charge is -2.22. The van der Waals surface area contributed by atoms with Gasteiger partial charge in [0.25, 0.3) is 0 Å². The first-order valence-electron chi connectivity index (χ1n) is 11.2. The molecule has 1 aliphatic carbocycles. The van der Waals surface area contributed by atoms with Gasteiger partial charge in [-0.1, -0.05) is 23.8 Å². The van der Waals surface area contributed by atoms with E-state index in [4.69, 9.17) is 15.3 Å². The number of rotatable bonds is 2. The van der Waals surface area contributed by atoms with E-state index in [9.17, 15) is 4.79 Å². The van der Waals surface area contributed by atoms with Crippen LogP contribution in [0.15, 0.2) is 60.0 Å². The lowest BCUT2D eigenvalue weighted by Crippen LogP contribution is -2.32. The summed E-state index contributed by atoms with van der Waals surface area (Å²) in [6.45, 7) is 9.56. The van der Waals surface area contributed by atoms with Gasteiger partial charge < -0.3 is 30.4 Å². The van der Waals surface area contributed by atoms with Gasteiger partial charge in [0, 0.05) is 56.3 Å². The molecule has 4 rings (SSSR count). The second-order valence-electron chi connectivity index (χ2n) is 7.88. The topological polar surface area (TPSA) is 87.9 Å². The number of aryl methyl sites for hydroxylation is 1. The van der Waals surface area contributed by atoms with Gasteiger partial charge in [0.2, 0.25) is 0 Å². The molecule has 0 saturated carbocycles. The summed E-state index contributed by atoms with van der Waals surface area (Å²) in [5.74, 6) is 0. The molecule has 7 nitrogen and oxygen atoms in total. The van der Waals surface area contributed by atoms with Gasteiger partial charge in [-0.3, -0.25) is 0 Å². The van der Waals surface area contributed by atoms with Gasteiger partial charge in [0.1, 0.15) is 6.79 Å². The Morgan fingerprint density at radius 2 is 1.72 bits per heavy atom. The third-order valence-electron chi connectivity index (χ3n) is 5.39. The standard InChI is InChI=1S/C12H16N2O.C12H18N2O.CH2O/c1-10-4-6-11(7-5-10)13-12(15)14-8-2-3-9-14;13-11-3-1-4-12(6-5-11)14-7-2-9-15-10-8-14;1-2/h4-7H,2-3,8-9H2,1H3,(H,13,15);1,4-6H,2-3,7-10,13H2;1H2. The highest BCUT2D eigenvalue weighted by Gasteiger charge is 2.17. The van der Waals surface area contributed by atoms with Gasteiger partial charge in [-0.25, -0.2) is 4.79 Å². The highest BCUT2D eigenvalue weighted by Crippen LogP contribution is 2.14. The van der Waals surface area contributed by atoms with Crippen LogP contribution in [-0.2, 0) is 9.53 Å². The SMILES string of the molecule is C=O.Cc1ccc(NC(=O)N2CCCC2)cc1.NC1=CC=C(N2CCCOCC2)C=CC1. The molecule has 2 fully saturated rings. The van der Waals surface area contributed by atoms with Gasteiger partial charge in [0.15, 0.2) is 0 Å². The van der Waals surface area contributed by atoms with Gasteiger partial charge >= 0.3 is 6.03 Å². The molecule has 32 heavy (non-hydrogen) atoms. The number of allylic oxidation sites excluding steroid dienone is 4. The highest BCUT2D eigenvalue weighted by atomic mass is 16.5. The van der Waals surface area contributed by atoms with Crippen molar-refractivity contribution in [1.29, 1.82) is 0 Å². The lowest BCUT2D eigenvalue weighted by atomic mass is 10.2. The Morgan fingerprint density at radius 3 is 2.44 bits per heavy atom. The molecule has 2 amide bonds. The molecule has 3 aliphatic rings. The van der Waals surface area contributed by atoms with Gasteiger partial charge in [0.05, 0.1) is 6.61 Å². The normalized spacial score (nSPS) is 18.0. The number of carbonyl (C=O) groups excluding carboxylic acids is 2. The zero-order valence-corrected chi connectivity index (χ0v) is 19.1. The number of amides is 2. The Balaban J connectivity index is 0.000000211. The first-order chi connectivity index (χ1) is 15.6. The fourth-order valence-corrected chi connectivity index (χ4v) is 3.61. The third kappa shape index (κ3) is 8.59. The monoisotopic (exact) mass is 440 g/mol. The van der Waals surface area contributed by atoms with Crippen molar-refractivity contribution in [2.24, 2.45) is 5.73 Å². The predicted octanol–water partition coefficient (Wildman–Crippen LogP) is 3.83. The molecule has 2 aliphatic heterocycles. The molecule has 1 aromatic carbocycles. The number of nitrogens with zero attached hydrogens (tertiary/aromatic N) is 2. The number of carbonyl (C=O) groups is 2. The Kier molecular flexibility index (Phi) is 11.1. The van der Waals surface area contributed by atoms with Crippen molar-refractivity contribution in [3.8, 4) is 0 Å². The number of hydrogen-bond acceptors (Lipinski definition) is 5. The molecule has 0 aromatic heterocycles. The summed E-state index contributed by atoms with van der Waals surface area (Å²) < 4.78 is 5.43. The molecule has 3 N–H and O–H groups in total. The fourth-order valence-electron chi connectivity index (χ4n) is 3.61. The van der Waals surface area contributed by atoms with E-state index in [0.717, 1.165) is 76.5 Å². The maximum Gasteiger partial charge on any atom is 0.321 e. The van der Waals surface area contributed by atoms with Crippen LogP contribution in [0.3, 0.4) is 0 Å². The van der Waals surface area contributed by atoms with Crippen molar-refractivity contribution in [3.63, 3.8) is 0 Å². The molecule has 0 unspecified atom stereocenters. The van der Waals surface area contributed by atoms with Crippen molar-refractivity contribution < 1.29 is 14.3 Å². The van der Waals surface area contributed by atoms with Gasteiger partial charge in [-0.05, 0) is 56.5 Å². The van der Waals surface area contributed by atoms with Crippen LogP contribution in [0.4, 0.5) is 10.5 Å². The highest BCUT2D eigenvalue weighted by molar-refractivity contribution is 5.89. The van der Waals surface area contributed by atoms with Gasteiger partial charge in [-0.15, -0.1) is 0 Å². The Labute approximate surface area is 191 Å². The summed E-state index contributed by atoms with van der Waals surface area (Å²) in [5, 5.41) is 2.90. The van der Waals surface area contributed by atoms with E-state index in [-0.39, 0.29) is 6.03 Å². The summed E-state index contributed by atoms with van der Waals surface area (Å²) in [6.07, 6.45) is 12.6. The minimum Gasteiger partial charge on any atom is -0.402 e. The summed E-state index contributed by atoms with van der Waals surface area (Å²) in [7, 11) is 0. The van der Waals surface area contributed by atoms with Crippen LogP contribution in [0.25, 0.3) is 0 Å². The van der Waals surface area contributed by atoms with Crippen LogP contribution in [0.2, 0.25) is 0 Å². The summed E-state index contributed by atoms with van der Waals surface area (Å²) in [4.78, 5) is 23.9. The van der Waals surface area contributed by atoms with E-state index < -0.39 is 0 Å². The fraction of sp³-hybridized carbons (Fsp3) is 0.440. The largest absolute Gasteiger partial charge is 0.402 e. The molecule has 2 saturated heterocycles. The maximum atomic E-state index is 11.7. The van der Waals surface area contributed by atoms with E-state index in [1.165, 1.54) is 11.3 Å². The van der Waals surface area contributed by atoms with E-state index in [1.807, 2.05) is 49.0 Å². The average Bonchev–Trinajstić information content (AvgIpc) is 3.10. The molecule has 174 valence electrons. The smallest absolute Gasteiger partial charge is 0.321 e. The summed E-state index contributed by atoms with van der Waals surface area (Å²) in [6, 6.07) is 7.89. The van der Waals surface area contributed by atoms with Crippen LogP contribution in [-0.4, -0.2) is 62.0 Å². The number of benzene rings is 1. The molecule has 1 aromatic rings. The first-order valence-corrected chi connectivity index (χ1v) is 11.2. The van der Waals surface area contributed by atoms with E-state index in [0.29, 0.717) is 0 Å². The van der Waals surface area contributed by atoms with Crippen LogP contribution >= 0.6 is 0 Å². The molecule has 0 radical (unpaired) electrons. The van der Waals surface area contributed by atoms with Crippen LogP contribution < -0.4 is 11.1 Å². The van der Waals surface area contributed by atoms with Crippen LogP contribution in [0.1, 0.15) is 31.2 Å². The molecule has 0 atom stereocenters. The van der Waals surface area contributed by atoms with E-state index in [2.05, 4.69) is 28.4 Å². The second kappa shape index (κ2) is 14.1. The molecule has 7 heteroatoms. The number of anilines is 1. The zero-order valence-electron chi connectivity index (χ0n) is 19.1. The minimum atomic E-state index is 0.0244.